The van der Waals surface area contributed by atoms with Crippen LogP contribution in [0, 0.1) is 11.8 Å². The quantitative estimate of drug-likeness (QED) is 0.759. The van der Waals surface area contributed by atoms with E-state index in [0.717, 1.165) is 5.56 Å². The molecule has 0 bridgehead atoms. The van der Waals surface area contributed by atoms with E-state index in [9.17, 15) is 4.79 Å². The minimum Gasteiger partial charge on any atom is -0.357 e. The van der Waals surface area contributed by atoms with E-state index in [1.54, 1.807) is 19.4 Å². The van der Waals surface area contributed by atoms with Gasteiger partial charge in [0.1, 0.15) is 0 Å². The number of hydrogen-bond donors (Lipinski definition) is 1. The van der Waals surface area contributed by atoms with Crippen LogP contribution in [0.4, 0.5) is 5.95 Å². The molecule has 0 atom stereocenters. The molecule has 0 spiro atoms. The van der Waals surface area contributed by atoms with Crippen molar-refractivity contribution in [1.82, 2.24) is 9.97 Å². The van der Waals surface area contributed by atoms with Crippen LogP contribution in [-0.2, 0) is 4.79 Å². The van der Waals surface area contributed by atoms with Crippen molar-refractivity contribution in [3.05, 3.63) is 18.0 Å². The molecule has 0 fully saturated rings. The number of carbonyl (C=O) groups is 1. The smallest absolute Gasteiger partial charge is 0.222 e. The molecule has 0 radical (unpaired) electrons. The van der Waals surface area contributed by atoms with Gasteiger partial charge in [0, 0.05) is 26.4 Å². The Hall–Kier alpha value is -1.54. The molecule has 1 aromatic heterocycles. The maximum Gasteiger partial charge on any atom is 0.222 e. The minimum atomic E-state index is 0.0751. The van der Waals surface area contributed by atoms with E-state index >= 15 is 0 Å². The van der Waals surface area contributed by atoms with Gasteiger partial charge in [-0.1, -0.05) is 23.6 Å². The van der Waals surface area contributed by atoms with Crippen molar-refractivity contribution < 1.29 is 4.79 Å². The molecule has 0 aliphatic carbocycles. The second-order valence-electron chi connectivity index (χ2n) is 2.63. The minimum absolute atomic E-state index is 0.0751. The maximum absolute atomic E-state index is 10.6. The number of aromatic nitrogens is 2. The standard InChI is InChI=1S/C10H11N3OS/c1-8(14)15-5-3-4-9-6-12-10(11-2)13-7-9/h6-7H,5H2,1-2H3,(H,11,12,13). The topological polar surface area (TPSA) is 54.9 Å². The third-order valence-corrected chi connectivity index (χ3v) is 2.15. The molecule has 0 saturated heterocycles. The van der Waals surface area contributed by atoms with Crippen LogP contribution in [0.1, 0.15) is 12.5 Å². The molecule has 4 nitrogen and oxygen atoms in total. The van der Waals surface area contributed by atoms with Crippen LogP contribution >= 0.6 is 11.8 Å². The third-order valence-electron chi connectivity index (χ3n) is 1.46. The number of hydrogen-bond acceptors (Lipinski definition) is 5. The molecular formula is C10H11N3OS. The van der Waals surface area contributed by atoms with E-state index < -0.39 is 0 Å². The molecule has 0 aromatic carbocycles. The van der Waals surface area contributed by atoms with Crippen LogP contribution < -0.4 is 5.32 Å². The Bertz CT molecular complexity index is 391. The first-order valence-electron chi connectivity index (χ1n) is 4.34. The van der Waals surface area contributed by atoms with E-state index in [1.807, 2.05) is 0 Å². The zero-order chi connectivity index (χ0) is 11.1. The van der Waals surface area contributed by atoms with Crippen molar-refractivity contribution in [1.29, 1.82) is 0 Å². The number of carbonyl (C=O) groups excluding carboxylic acids is 1. The fraction of sp³-hybridized carbons (Fsp3) is 0.300. The van der Waals surface area contributed by atoms with E-state index in [1.165, 1.54) is 18.7 Å². The zero-order valence-corrected chi connectivity index (χ0v) is 9.39. The van der Waals surface area contributed by atoms with E-state index in [2.05, 4.69) is 27.1 Å². The molecule has 15 heavy (non-hydrogen) atoms. The van der Waals surface area contributed by atoms with E-state index in [0.29, 0.717) is 11.7 Å². The Morgan fingerprint density at radius 1 is 1.53 bits per heavy atom. The van der Waals surface area contributed by atoms with E-state index in [4.69, 9.17) is 0 Å². The molecule has 5 heteroatoms. The van der Waals surface area contributed by atoms with Gasteiger partial charge in [0.25, 0.3) is 0 Å². The van der Waals surface area contributed by atoms with Crippen LogP contribution in [0.15, 0.2) is 12.4 Å². The summed E-state index contributed by atoms with van der Waals surface area (Å²) in [5.41, 5.74) is 0.748. The first-order chi connectivity index (χ1) is 7.22. The van der Waals surface area contributed by atoms with Gasteiger partial charge >= 0.3 is 0 Å². The number of anilines is 1. The highest BCUT2D eigenvalue weighted by atomic mass is 32.2. The first-order valence-corrected chi connectivity index (χ1v) is 5.33. The van der Waals surface area contributed by atoms with Gasteiger partial charge in [-0.15, -0.1) is 0 Å². The summed E-state index contributed by atoms with van der Waals surface area (Å²) in [7, 11) is 1.75. The average molecular weight is 221 g/mol. The molecular weight excluding hydrogens is 210 g/mol. The van der Waals surface area contributed by atoms with Gasteiger partial charge in [0.05, 0.1) is 11.3 Å². The SMILES string of the molecule is CNc1ncc(C#CCSC(C)=O)cn1. The van der Waals surface area contributed by atoms with Gasteiger partial charge in [-0.05, 0) is 0 Å². The summed E-state index contributed by atoms with van der Waals surface area (Å²) in [6, 6.07) is 0. The monoisotopic (exact) mass is 221 g/mol. The first kappa shape index (κ1) is 11.5. The van der Waals surface area contributed by atoms with Gasteiger partial charge in [-0.3, -0.25) is 4.79 Å². The highest BCUT2D eigenvalue weighted by Crippen LogP contribution is 2.00. The summed E-state index contributed by atoms with van der Waals surface area (Å²) in [6.07, 6.45) is 3.29. The van der Waals surface area contributed by atoms with Crippen LogP contribution in [0.2, 0.25) is 0 Å². The zero-order valence-electron chi connectivity index (χ0n) is 8.57. The van der Waals surface area contributed by atoms with Crippen molar-refractivity contribution in [3.63, 3.8) is 0 Å². The van der Waals surface area contributed by atoms with Crippen molar-refractivity contribution >= 4 is 22.8 Å². The largest absolute Gasteiger partial charge is 0.357 e. The number of rotatable bonds is 2. The lowest BCUT2D eigenvalue weighted by Gasteiger charge is -1.95. The van der Waals surface area contributed by atoms with Crippen molar-refractivity contribution in [2.45, 2.75) is 6.92 Å². The van der Waals surface area contributed by atoms with Gasteiger partial charge in [-0.25, -0.2) is 9.97 Å². The number of thioether (sulfide) groups is 1. The Labute approximate surface area is 92.9 Å². The van der Waals surface area contributed by atoms with Gasteiger partial charge < -0.3 is 5.32 Å². The molecule has 1 rings (SSSR count). The van der Waals surface area contributed by atoms with Crippen LogP contribution in [-0.4, -0.2) is 27.9 Å². The summed E-state index contributed by atoms with van der Waals surface area (Å²) in [5.74, 6) is 6.81. The number of nitrogens with one attached hydrogen (secondary N) is 1. The normalized spacial score (nSPS) is 8.93. The maximum atomic E-state index is 10.6. The second kappa shape index (κ2) is 6.04. The summed E-state index contributed by atoms with van der Waals surface area (Å²) >= 11 is 1.19. The lowest BCUT2D eigenvalue weighted by Crippen LogP contribution is -1.95. The lowest BCUT2D eigenvalue weighted by molar-refractivity contribution is -0.109. The number of nitrogens with zero attached hydrogens (tertiary/aromatic N) is 2. The Balaban J connectivity index is 2.52. The Morgan fingerprint density at radius 3 is 2.73 bits per heavy atom. The Kier molecular flexibility index (Phi) is 4.64. The van der Waals surface area contributed by atoms with Crippen LogP contribution in [0.25, 0.3) is 0 Å². The summed E-state index contributed by atoms with van der Waals surface area (Å²) < 4.78 is 0. The highest BCUT2D eigenvalue weighted by Gasteiger charge is 1.92. The predicted octanol–water partition coefficient (Wildman–Crippen LogP) is 1.15. The second-order valence-corrected chi connectivity index (χ2v) is 3.78. The van der Waals surface area contributed by atoms with Gasteiger partial charge in [0.2, 0.25) is 5.95 Å². The summed E-state index contributed by atoms with van der Waals surface area (Å²) in [4.78, 5) is 18.6. The summed E-state index contributed by atoms with van der Waals surface area (Å²) in [6.45, 7) is 1.52. The third kappa shape index (κ3) is 4.47. The van der Waals surface area contributed by atoms with E-state index in [-0.39, 0.29) is 5.12 Å². The molecule has 0 saturated carbocycles. The average Bonchev–Trinajstić information content (AvgIpc) is 2.25. The fourth-order valence-electron chi connectivity index (χ4n) is 0.798. The highest BCUT2D eigenvalue weighted by molar-refractivity contribution is 8.13. The fourth-order valence-corrected chi connectivity index (χ4v) is 1.15. The molecule has 0 aliphatic heterocycles. The lowest BCUT2D eigenvalue weighted by atomic mass is 10.3. The molecule has 1 N–H and O–H groups in total. The molecule has 0 aliphatic rings. The summed E-state index contributed by atoms with van der Waals surface area (Å²) in [5, 5.41) is 2.89. The predicted molar refractivity (Wildman–Crippen MR) is 61.6 cm³/mol. The van der Waals surface area contributed by atoms with Crippen LogP contribution in [0.3, 0.4) is 0 Å². The van der Waals surface area contributed by atoms with Crippen molar-refractivity contribution in [2.24, 2.45) is 0 Å². The molecule has 0 unspecified atom stereocenters. The molecule has 78 valence electrons. The van der Waals surface area contributed by atoms with Crippen molar-refractivity contribution in [2.75, 3.05) is 18.1 Å². The molecule has 0 amide bonds. The Morgan fingerprint density at radius 2 is 2.20 bits per heavy atom. The van der Waals surface area contributed by atoms with Gasteiger partial charge in [-0.2, -0.15) is 0 Å². The van der Waals surface area contributed by atoms with Crippen molar-refractivity contribution in [3.8, 4) is 11.8 Å². The molecule has 1 aromatic rings. The van der Waals surface area contributed by atoms with Crippen LogP contribution in [0.5, 0.6) is 0 Å². The molecule has 1 heterocycles. The van der Waals surface area contributed by atoms with Gasteiger partial charge in [0.15, 0.2) is 5.12 Å².